The first-order chi connectivity index (χ1) is 14.9. The molecule has 0 aromatic heterocycles. The number of benzene rings is 1. The normalized spacial score (nSPS) is 32.4. The van der Waals surface area contributed by atoms with Crippen LogP contribution in [0.15, 0.2) is 40.9 Å². The maximum atomic E-state index is 13.9. The van der Waals surface area contributed by atoms with Gasteiger partial charge in [0.2, 0.25) is 0 Å². The van der Waals surface area contributed by atoms with E-state index in [1.54, 1.807) is 6.92 Å². The average molecular weight is 521 g/mol. The van der Waals surface area contributed by atoms with Gasteiger partial charge >= 0.3 is 75.5 Å². The molecule has 0 bridgehead atoms. The number of Topliss-reactive ketones (excluding diaryl/α,β-unsaturated/α-hetero) is 2. The first kappa shape index (κ1) is 29.5. The Morgan fingerprint density at radius 1 is 1.15 bits per heavy atom. The van der Waals surface area contributed by atoms with Crippen LogP contribution in [0.25, 0.3) is 0 Å². The van der Waals surface area contributed by atoms with Crippen molar-refractivity contribution in [3.8, 4) is 5.75 Å². The molecule has 0 spiro atoms. The van der Waals surface area contributed by atoms with Crippen molar-refractivity contribution in [3.05, 3.63) is 52.0 Å². The summed E-state index contributed by atoms with van der Waals surface area (Å²) in [6.07, 6.45) is -1.75. The van der Waals surface area contributed by atoms with Crippen molar-refractivity contribution in [2.24, 2.45) is 17.6 Å². The molecular formula is C22H20Ca2N2O8. The largest absolute Gasteiger partial charge is 2.00 e. The summed E-state index contributed by atoms with van der Waals surface area (Å²) in [6, 6.07) is 2.60. The van der Waals surface area contributed by atoms with Gasteiger partial charge in [0.1, 0.15) is 0 Å². The maximum absolute atomic E-state index is 13.9. The van der Waals surface area contributed by atoms with E-state index in [-0.39, 0.29) is 81.0 Å². The molecule has 4 rings (SSSR count). The van der Waals surface area contributed by atoms with Crippen LogP contribution in [0.3, 0.4) is 0 Å². The van der Waals surface area contributed by atoms with Crippen LogP contribution in [0.5, 0.6) is 5.75 Å². The molecule has 0 saturated heterocycles. The number of fused-ring (bicyclic) bond motifs is 3. The molecule has 34 heavy (non-hydrogen) atoms. The van der Waals surface area contributed by atoms with Gasteiger partial charge in [0, 0.05) is 23.4 Å². The van der Waals surface area contributed by atoms with Gasteiger partial charge < -0.3 is 36.2 Å². The predicted octanol–water partition coefficient (Wildman–Crippen LogP) is -4.77. The molecule has 3 N–H and O–H groups in total. The summed E-state index contributed by atoms with van der Waals surface area (Å²) in [4.78, 5) is 39.3. The summed E-state index contributed by atoms with van der Waals surface area (Å²) in [7, 11) is 2.78. The number of likely N-dealkylation sites (N-methyl/N-ethyl adjacent to an activating group) is 1. The SMILES string of the molecule is CC1c2cccc([O-])c2C(=O)C2=C([O-])[C@]3([O-])C(=O)C(C(N)=O)=C([O-])C(N(C)C)C3C(O)C21.[Ca+2].[Ca+2]. The third-order valence-corrected chi connectivity index (χ3v) is 6.90. The van der Waals surface area contributed by atoms with Crippen LogP contribution in [-0.2, 0) is 9.59 Å². The van der Waals surface area contributed by atoms with Gasteiger partial charge in [0.05, 0.1) is 11.7 Å². The number of hydrogen-bond donors (Lipinski definition) is 2. The number of aliphatic hydroxyl groups is 1. The number of primary amides is 1. The van der Waals surface area contributed by atoms with E-state index >= 15 is 0 Å². The number of carbonyl (C=O) groups excluding carboxylic acids is 3. The first-order valence-electron chi connectivity index (χ1n) is 9.94. The second-order valence-corrected chi connectivity index (χ2v) is 8.70. The Labute approximate surface area is 255 Å². The quantitative estimate of drug-likeness (QED) is 0.284. The number of amides is 1. The monoisotopic (exact) mass is 520 g/mol. The van der Waals surface area contributed by atoms with Gasteiger partial charge in [-0.25, -0.2) is 0 Å². The molecule has 12 heteroatoms. The molecule has 3 aliphatic carbocycles. The van der Waals surface area contributed by atoms with Crippen LogP contribution < -0.4 is 26.2 Å². The molecule has 10 nitrogen and oxygen atoms in total. The Bertz CT molecular complexity index is 1150. The van der Waals surface area contributed by atoms with E-state index in [2.05, 4.69) is 0 Å². The van der Waals surface area contributed by atoms with Gasteiger partial charge in [-0.1, -0.05) is 36.6 Å². The molecule has 0 aliphatic heterocycles. The van der Waals surface area contributed by atoms with Crippen LogP contribution in [-0.4, -0.2) is 135 Å². The Hall–Kier alpha value is -0.691. The molecule has 0 radical (unpaired) electrons. The summed E-state index contributed by atoms with van der Waals surface area (Å²) >= 11 is 0. The number of ketones is 2. The molecule has 6 atom stereocenters. The number of hydrogen-bond acceptors (Lipinski definition) is 9. The fraction of sp³-hybridized carbons (Fsp3) is 0.409. The zero-order chi connectivity index (χ0) is 23.9. The van der Waals surface area contributed by atoms with Crippen molar-refractivity contribution in [2.45, 2.75) is 30.6 Å². The molecule has 0 saturated carbocycles. The summed E-state index contributed by atoms with van der Waals surface area (Å²) in [6.45, 7) is 1.59. The van der Waals surface area contributed by atoms with E-state index in [4.69, 9.17) is 5.73 Å². The Morgan fingerprint density at radius 3 is 2.26 bits per heavy atom. The zero-order valence-corrected chi connectivity index (χ0v) is 23.3. The summed E-state index contributed by atoms with van der Waals surface area (Å²) < 4.78 is 0. The summed E-state index contributed by atoms with van der Waals surface area (Å²) in [5.74, 6) is -11.0. The van der Waals surface area contributed by atoms with E-state index in [0.717, 1.165) is 6.07 Å². The fourth-order valence-corrected chi connectivity index (χ4v) is 5.50. The molecule has 0 heterocycles. The number of rotatable bonds is 2. The number of carbonyl (C=O) groups is 3. The number of nitrogens with two attached hydrogens (primary N) is 1. The number of aliphatic hydroxyl groups excluding tert-OH is 1. The van der Waals surface area contributed by atoms with Crippen molar-refractivity contribution >= 4 is 93.0 Å². The minimum atomic E-state index is -3.32. The Kier molecular flexibility index (Phi) is 8.68. The van der Waals surface area contributed by atoms with Crippen LogP contribution in [0, 0.1) is 11.8 Å². The number of nitrogens with zero attached hydrogens (tertiary/aromatic N) is 1. The van der Waals surface area contributed by atoms with Gasteiger partial charge in [-0.3, -0.25) is 14.4 Å². The van der Waals surface area contributed by atoms with Crippen molar-refractivity contribution < 1.29 is 39.9 Å². The standard InChI is InChI=1S/C22H23N2O8.2Ca/c1-7-8-5-4-6-9(25)11(8)16(26)12-10(7)17(27)14-15(24(2)3)18(28)13(21(23)31)20(30)22(14,32)19(12)29;;/h4-7,10,14-15,17,25,27-29H,1-3H3,(H2,23,31);;/q-1;2*+2/p-3/t7?,10?,14?,15?,17?,22-;;/m0../s1. The zero-order valence-electron chi connectivity index (χ0n) is 18.9. The molecule has 0 fully saturated rings. The molecule has 1 aromatic carbocycles. The second kappa shape index (κ2) is 9.99. The first-order valence-corrected chi connectivity index (χ1v) is 9.94. The molecule has 5 unspecified atom stereocenters. The molecule has 1 amide bonds. The topological polar surface area (TPSA) is 193 Å². The average Bonchev–Trinajstić information content (AvgIpc) is 2.70. The van der Waals surface area contributed by atoms with Gasteiger partial charge in [-0.15, -0.1) is 5.76 Å². The molecule has 3 aliphatic rings. The summed E-state index contributed by atoms with van der Waals surface area (Å²) in [5, 5.41) is 64.0. The smallest absolute Gasteiger partial charge is 0.875 e. The van der Waals surface area contributed by atoms with Crippen molar-refractivity contribution in [1.82, 2.24) is 4.90 Å². The van der Waals surface area contributed by atoms with Gasteiger partial charge in [-0.2, -0.15) is 0 Å². The Morgan fingerprint density at radius 2 is 1.74 bits per heavy atom. The maximum Gasteiger partial charge on any atom is 2.00 e. The van der Waals surface area contributed by atoms with E-state index in [1.807, 2.05) is 0 Å². The van der Waals surface area contributed by atoms with Gasteiger partial charge in [0.15, 0.2) is 11.6 Å². The van der Waals surface area contributed by atoms with Crippen LogP contribution in [0.4, 0.5) is 0 Å². The van der Waals surface area contributed by atoms with Crippen molar-refractivity contribution in [3.63, 3.8) is 0 Å². The Balaban J connectivity index is 0.00000204. The second-order valence-electron chi connectivity index (χ2n) is 8.70. The van der Waals surface area contributed by atoms with E-state index in [1.165, 1.54) is 31.1 Å². The minimum absolute atomic E-state index is 0. The van der Waals surface area contributed by atoms with E-state index in [9.17, 15) is 39.9 Å². The van der Waals surface area contributed by atoms with E-state index in [0.29, 0.717) is 5.56 Å². The fourth-order valence-electron chi connectivity index (χ4n) is 5.50. The van der Waals surface area contributed by atoms with Crippen LogP contribution in [0.2, 0.25) is 0 Å². The third kappa shape index (κ3) is 3.77. The van der Waals surface area contributed by atoms with Crippen LogP contribution in [0.1, 0.15) is 28.8 Å². The van der Waals surface area contributed by atoms with Gasteiger partial charge in [-0.05, 0) is 36.8 Å². The molecule has 1 aromatic rings. The van der Waals surface area contributed by atoms with Gasteiger partial charge in [0.25, 0.3) is 5.91 Å². The van der Waals surface area contributed by atoms with Crippen LogP contribution >= 0.6 is 0 Å². The van der Waals surface area contributed by atoms with E-state index < -0.39 is 81.4 Å². The summed E-state index contributed by atoms with van der Waals surface area (Å²) in [5.41, 5.74) is 0.0673. The molecule has 170 valence electrons. The third-order valence-electron chi connectivity index (χ3n) is 6.90. The van der Waals surface area contributed by atoms with Crippen molar-refractivity contribution in [1.29, 1.82) is 0 Å². The van der Waals surface area contributed by atoms with Crippen molar-refractivity contribution in [2.75, 3.05) is 14.1 Å². The molecular weight excluding hydrogens is 500 g/mol. The predicted molar refractivity (Wildman–Crippen MR) is 112 cm³/mol. The minimum Gasteiger partial charge on any atom is -0.875 e.